The molecular formula is C14H14N4O2. The molecule has 102 valence electrons. The van der Waals surface area contributed by atoms with Crippen LogP contribution in [0.25, 0.3) is 5.57 Å². The normalized spacial score (nSPS) is 17.1. The number of hydrogen-bond acceptors (Lipinski definition) is 3. The minimum absolute atomic E-state index is 0.0646. The number of aromatic amines is 2. The smallest absolute Gasteiger partial charge is 0.340 e. The highest BCUT2D eigenvalue weighted by atomic mass is 16.2. The number of nitrogens with one attached hydrogen (secondary N) is 3. The van der Waals surface area contributed by atoms with Crippen LogP contribution in [0.3, 0.4) is 0 Å². The quantitative estimate of drug-likeness (QED) is 0.768. The molecule has 3 N–H and O–H groups in total. The largest absolute Gasteiger partial charge is 0.348 e. The molecule has 0 saturated heterocycles. The molecule has 20 heavy (non-hydrogen) atoms. The van der Waals surface area contributed by atoms with Crippen molar-refractivity contribution in [2.24, 2.45) is 5.92 Å². The summed E-state index contributed by atoms with van der Waals surface area (Å²) in [6, 6.07) is 9.86. The zero-order valence-corrected chi connectivity index (χ0v) is 10.9. The van der Waals surface area contributed by atoms with Gasteiger partial charge in [-0.05, 0) is 18.1 Å². The van der Waals surface area contributed by atoms with E-state index in [0.29, 0.717) is 5.82 Å². The van der Waals surface area contributed by atoms with Gasteiger partial charge in [0.05, 0.1) is 12.5 Å². The van der Waals surface area contributed by atoms with E-state index in [2.05, 4.69) is 20.5 Å². The van der Waals surface area contributed by atoms with Gasteiger partial charge in [0.15, 0.2) is 0 Å². The van der Waals surface area contributed by atoms with Crippen molar-refractivity contribution in [3.8, 4) is 0 Å². The molecular weight excluding hydrogens is 256 g/mol. The first kappa shape index (κ1) is 12.4. The number of nitrogens with zero attached hydrogens (tertiary/aromatic N) is 1. The predicted octanol–water partition coefficient (Wildman–Crippen LogP) is 0.818. The Morgan fingerprint density at radius 3 is 2.75 bits per heavy atom. The van der Waals surface area contributed by atoms with Gasteiger partial charge in [-0.3, -0.25) is 9.78 Å². The maximum Gasteiger partial charge on any atom is 0.340 e. The van der Waals surface area contributed by atoms with Crippen LogP contribution in [-0.2, 0) is 11.3 Å². The van der Waals surface area contributed by atoms with E-state index >= 15 is 0 Å². The van der Waals surface area contributed by atoms with Gasteiger partial charge in [-0.2, -0.15) is 5.10 Å². The Morgan fingerprint density at radius 2 is 2.10 bits per heavy atom. The van der Waals surface area contributed by atoms with Gasteiger partial charge >= 0.3 is 5.69 Å². The van der Waals surface area contributed by atoms with Crippen LogP contribution in [0.4, 0.5) is 0 Å². The molecule has 2 aromatic rings. The molecule has 0 bridgehead atoms. The van der Waals surface area contributed by atoms with Gasteiger partial charge in [-0.1, -0.05) is 35.9 Å². The molecule has 0 fully saturated rings. The molecule has 0 aliphatic heterocycles. The topological polar surface area (TPSA) is 90.6 Å². The minimum Gasteiger partial charge on any atom is -0.348 e. The average Bonchev–Trinajstić information content (AvgIpc) is 2.95. The highest BCUT2D eigenvalue weighted by Crippen LogP contribution is 2.46. The van der Waals surface area contributed by atoms with Crippen molar-refractivity contribution < 1.29 is 4.79 Å². The third-order valence-electron chi connectivity index (χ3n) is 3.39. The molecule has 1 amide bonds. The first-order chi connectivity index (χ1) is 9.66. The van der Waals surface area contributed by atoms with E-state index in [4.69, 9.17) is 0 Å². The molecule has 6 heteroatoms. The zero-order valence-electron chi connectivity index (χ0n) is 10.9. The van der Waals surface area contributed by atoms with Crippen LogP contribution in [0.15, 0.2) is 40.7 Å². The maximum absolute atomic E-state index is 12.1. The number of amides is 1. The lowest BCUT2D eigenvalue weighted by atomic mass is 10.1. The van der Waals surface area contributed by atoms with Crippen LogP contribution in [0.2, 0.25) is 0 Å². The zero-order chi connectivity index (χ0) is 14.1. The number of H-pyrrole nitrogens is 2. The van der Waals surface area contributed by atoms with Crippen LogP contribution in [0.1, 0.15) is 18.3 Å². The molecule has 1 aliphatic carbocycles. The molecule has 1 aliphatic rings. The lowest BCUT2D eigenvalue weighted by Gasteiger charge is -2.03. The lowest BCUT2D eigenvalue weighted by Crippen LogP contribution is -2.26. The summed E-state index contributed by atoms with van der Waals surface area (Å²) in [5.74, 6) is 0.191. The first-order valence-corrected chi connectivity index (χ1v) is 6.34. The highest BCUT2D eigenvalue weighted by Gasteiger charge is 2.39. The average molecular weight is 270 g/mol. The van der Waals surface area contributed by atoms with Gasteiger partial charge < -0.3 is 5.32 Å². The van der Waals surface area contributed by atoms with Gasteiger partial charge in [0, 0.05) is 0 Å². The summed E-state index contributed by atoms with van der Waals surface area (Å²) in [4.78, 5) is 25.5. The molecule has 6 nitrogen and oxygen atoms in total. The number of hydrogen-bond donors (Lipinski definition) is 3. The summed E-state index contributed by atoms with van der Waals surface area (Å²) in [5, 5.41) is 8.77. The summed E-state index contributed by atoms with van der Waals surface area (Å²) >= 11 is 0. The van der Waals surface area contributed by atoms with E-state index in [1.165, 1.54) is 0 Å². The van der Waals surface area contributed by atoms with Crippen molar-refractivity contribution >= 4 is 11.5 Å². The van der Waals surface area contributed by atoms with Crippen molar-refractivity contribution in [3.63, 3.8) is 0 Å². The van der Waals surface area contributed by atoms with Crippen molar-refractivity contribution in [2.45, 2.75) is 13.5 Å². The second-order valence-corrected chi connectivity index (χ2v) is 4.74. The fraction of sp³-hybridized carbons (Fsp3) is 0.214. The van der Waals surface area contributed by atoms with E-state index < -0.39 is 0 Å². The molecule has 1 heterocycles. The first-order valence-electron chi connectivity index (χ1n) is 6.34. The number of rotatable bonds is 4. The van der Waals surface area contributed by atoms with Crippen LogP contribution in [0.5, 0.6) is 0 Å². The molecule has 1 atom stereocenters. The number of aromatic nitrogens is 3. The van der Waals surface area contributed by atoms with Crippen molar-refractivity contribution in [1.82, 2.24) is 20.5 Å². The number of carbonyl (C=O) groups excluding carboxylic acids is 1. The maximum atomic E-state index is 12.1. The Kier molecular flexibility index (Phi) is 2.98. The van der Waals surface area contributed by atoms with Gasteiger partial charge in [-0.25, -0.2) is 9.89 Å². The Bertz CT molecular complexity index is 727. The standard InChI is InChI=1S/C14H14N4O2/c1-8-11(9-5-3-2-4-6-9)12(8)13(19)15-7-10-16-14(20)18-17-10/h2-6,12H,7H2,1H3,(H,15,19)(H2,16,17,18,20)/t12-/m1/s1. The summed E-state index contributed by atoms with van der Waals surface area (Å²) in [6.07, 6.45) is 0. The van der Waals surface area contributed by atoms with Crippen molar-refractivity contribution in [3.05, 3.63) is 57.8 Å². The summed E-state index contributed by atoms with van der Waals surface area (Å²) in [5.41, 5.74) is 2.88. The van der Waals surface area contributed by atoms with Gasteiger partial charge in [0.2, 0.25) is 5.91 Å². The fourth-order valence-corrected chi connectivity index (χ4v) is 2.33. The van der Waals surface area contributed by atoms with E-state index in [0.717, 1.165) is 16.7 Å². The molecule has 0 saturated carbocycles. The number of carbonyl (C=O) groups is 1. The van der Waals surface area contributed by atoms with E-state index in [9.17, 15) is 9.59 Å². The lowest BCUT2D eigenvalue weighted by molar-refractivity contribution is -0.121. The van der Waals surface area contributed by atoms with Crippen molar-refractivity contribution in [1.29, 1.82) is 0 Å². The Labute approximate surface area is 114 Å². The van der Waals surface area contributed by atoms with Crippen molar-refractivity contribution in [2.75, 3.05) is 0 Å². The van der Waals surface area contributed by atoms with Crippen LogP contribution < -0.4 is 11.0 Å². The van der Waals surface area contributed by atoms with Gasteiger partial charge in [-0.15, -0.1) is 0 Å². The Hall–Kier alpha value is -2.63. The summed E-state index contributed by atoms with van der Waals surface area (Å²) in [7, 11) is 0. The monoisotopic (exact) mass is 270 g/mol. The van der Waals surface area contributed by atoms with Gasteiger partial charge in [0.1, 0.15) is 5.82 Å². The second-order valence-electron chi connectivity index (χ2n) is 4.74. The molecule has 1 aromatic carbocycles. The highest BCUT2D eigenvalue weighted by molar-refractivity contribution is 6.05. The van der Waals surface area contributed by atoms with Crippen LogP contribution >= 0.6 is 0 Å². The van der Waals surface area contributed by atoms with Crippen LogP contribution in [-0.4, -0.2) is 21.1 Å². The van der Waals surface area contributed by atoms with Gasteiger partial charge in [0.25, 0.3) is 0 Å². The SMILES string of the molecule is CC1=C(c2ccccc2)[C@@H]1C(=O)NCc1n[nH]c(=O)[nH]1. The van der Waals surface area contributed by atoms with E-state index in [-0.39, 0.29) is 24.1 Å². The molecule has 1 aromatic heterocycles. The third kappa shape index (κ3) is 2.27. The second kappa shape index (κ2) is 4.80. The molecule has 0 radical (unpaired) electrons. The third-order valence-corrected chi connectivity index (χ3v) is 3.39. The molecule has 3 rings (SSSR count). The van der Waals surface area contributed by atoms with E-state index in [1.54, 1.807) is 0 Å². The summed E-state index contributed by atoms with van der Waals surface area (Å²) < 4.78 is 0. The van der Waals surface area contributed by atoms with Crippen LogP contribution in [0, 0.1) is 5.92 Å². The summed E-state index contributed by atoms with van der Waals surface area (Å²) in [6.45, 7) is 2.17. The molecule has 0 unspecified atom stereocenters. The predicted molar refractivity (Wildman–Crippen MR) is 73.6 cm³/mol. The Morgan fingerprint density at radius 1 is 1.35 bits per heavy atom. The fourth-order valence-electron chi connectivity index (χ4n) is 2.33. The molecule has 0 spiro atoms. The minimum atomic E-state index is -0.375. The number of benzene rings is 1. The van der Waals surface area contributed by atoms with E-state index in [1.807, 2.05) is 37.3 Å². The Balaban J connectivity index is 1.62.